The minimum absolute atomic E-state index is 0.187. The molecule has 0 saturated carbocycles. The summed E-state index contributed by atoms with van der Waals surface area (Å²) in [6.45, 7) is 6.81. The van der Waals surface area contributed by atoms with Crippen molar-refractivity contribution in [1.82, 2.24) is 25.2 Å². The van der Waals surface area contributed by atoms with Gasteiger partial charge in [0.1, 0.15) is 11.6 Å². The van der Waals surface area contributed by atoms with Crippen LogP contribution >= 0.6 is 0 Å². The summed E-state index contributed by atoms with van der Waals surface area (Å²) in [4.78, 5) is 31.4. The number of pyridine rings is 1. The number of fused-ring (bicyclic) bond motifs is 1. The molecule has 2 saturated heterocycles. The molecule has 1 unspecified atom stereocenters. The summed E-state index contributed by atoms with van der Waals surface area (Å²) in [5.74, 6) is -1.01. The molecule has 0 aliphatic carbocycles. The second-order valence-electron chi connectivity index (χ2n) is 10.4. The number of anilines is 1. The first-order valence-electron chi connectivity index (χ1n) is 13.2. The van der Waals surface area contributed by atoms with E-state index in [4.69, 9.17) is 4.98 Å². The molecule has 3 aromatic rings. The van der Waals surface area contributed by atoms with Crippen molar-refractivity contribution in [3.8, 4) is 0 Å². The van der Waals surface area contributed by atoms with E-state index in [0.29, 0.717) is 5.56 Å². The van der Waals surface area contributed by atoms with Gasteiger partial charge in [-0.05, 0) is 37.1 Å². The van der Waals surface area contributed by atoms with Gasteiger partial charge in [0.25, 0.3) is 11.8 Å². The predicted molar refractivity (Wildman–Crippen MR) is 140 cm³/mol. The topological polar surface area (TPSA) is 74.2 Å². The molecule has 0 spiro atoms. The third kappa shape index (κ3) is 5.71. The number of likely N-dealkylation sites (tertiary alicyclic amines) is 1. The van der Waals surface area contributed by atoms with Crippen LogP contribution in [0.4, 0.5) is 14.6 Å². The summed E-state index contributed by atoms with van der Waals surface area (Å²) in [5.41, 5.74) is 2.14. The zero-order valence-electron chi connectivity index (χ0n) is 21.5. The number of nitrogens with one attached hydrogen (secondary N) is 1. The number of nitrogens with zero attached hydrogens (tertiary/aromatic N) is 5. The van der Waals surface area contributed by atoms with Crippen molar-refractivity contribution < 1.29 is 13.6 Å². The molecule has 5 rings (SSSR count). The molecule has 196 valence electrons. The van der Waals surface area contributed by atoms with Crippen molar-refractivity contribution in [3.63, 3.8) is 0 Å². The maximum Gasteiger partial charge on any atom is 0.252 e. The number of halogens is 2. The number of aromatic nitrogens is 3. The van der Waals surface area contributed by atoms with Crippen LogP contribution in [0.2, 0.25) is 0 Å². The lowest BCUT2D eigenvalue weighted by molar-refractivity contribution is -0.0632. The van der Waals surface area contributed by atoms with Crippen LogP contribution in [0.25, 0.3) is 10.9 Å². The first-order valence-corrected chi connectivity index (χ1v) is 13.2. The lowest BCUT2D eigenvalue weighted by Gasteiger charge is -2.37. The van der Waals surface area contributed by atoms with E-state index in [0.717, 1.165) is 41.2 Å². The van der Waals surface area contributed by atoms with Gasteiger partial charge in [-0.2, -0.15) is 0 Å². The lowest BCUT2D eigenvalue weighted by Crippen LogP contribution is -2.45. The third-order valence-corrected chi connectivity index (χ3v) is 7.41. The van der Waals surface area contributed by atoms with Gasteiger partial charge >= 0.3 is 0 Å². The molecule has 0 bridgehead atoms. The monoisotopic (exact) mass is 508 g/mol. The fourth-order valence-corrected chi connectivity index (χ4v) is 5.19. The zero-order valence-corrected chi connectivity index (χ0v) is 21.5. The molecule has 1 N–H and O–H groups in total. The van der Waals surface area contributed by atoms with Gasteiger partial charge in [0.05, 0.1) is 11.6 Å². The second kappa shape index (κ2) is 10.7. The molecule has 1 amide bonds. The third-order valence-electron chi connectivity index (χ3n) is 7.41. The van der Waals surface area contributed by atoms with Crippen molar-refractivity contribution >= 4 is 22.6 Å². The molecule has 2 fully saturated rings. The molecule has 2 aliphatic heterocycles. The van der Waals surface area contributed by atoms with Gasteiger partial charge in [-0.3, -0.25) is 9.69 Å². The molecule has 1 aromatic carbocycles. The Bertz CT molecular complexity index is 1230. The Morgan fingerprint density at radius 1 is 1.03 bits per heavy atom. The second-order valence-corrected chi connectivity index (χ2v) is 10.4. The number of alkyl halides is 2. The zero-order chi connectivity index (χ0) is 26.0. The van der Waals surface area contributed by atoms with Gasteiger partial charge in [0.2, 0.25) is 0 Å². The van der Waals surface area contributed by atoms with E-state index < -0.39 is 5.92 Å². The highest BCUT2D eigenvalue weighted by Crippen LogP contribution is 2.32. The van der Waals surface area contributed by atoms with Crippen LogP contribution in [0.1, 0.15) is 73.2 Å². The van der Waals surface area contributed by atoms with E-state index in [1.54, 1.807) is 18.5 Å². The molecule has 0 radical (unpaired) electrons. The van der Waals surface area contributed by atoms with E-state index >= 15 is 0 Å². The lowest BCUT2D eigenvalue weighted by atomic mass is 10.0. The van der Waals surface area contributed by atoms with Crippen LogP contribution in [0.15, 0.2) is 42.7 Å². The predicted octanol–water partition coefficient (Wildman–Crippen LogP) is 4.95. The molecule has 37 heavy (non-hydrogen) atoms. The van der Waals surface area contributed by atoms with Crippen molar-refractivity contribution in [2.75, 3.05) is 37.6 Å². The minimum Gasteiger partial charge on any atom is -0.357 e. The summed E-state index contributed by atoms with van der Waals surface area (Å²) in [7, 11) is 0. The number of piperidine rings is 1. The first-order chi connectivity index (χ1) is 17.8. The Morgan fingerprint density at radius 3 is 2.41 bits per heavy atom. The SMILES string of the molecule is CC(C)c1ncc(C(CNC(=O)c2cccc3nc(N4CCCC4)ccc23)N2CCC(F)(F)CC2)cn1. The van der Waals surface area contributed by atoms with E-state index in [1.165, 1.54) is 12.8 Å². The van der Waals surface area contributed by atoms with Gasteiger partial charge in [0.15, 0.2) is 0 Å². The smallest absolute Gasteiger partial charge is 0.252 e. The number of benzene rings is 1. The van der Waals surface area contributed by atoms with Crippen molar-refractivity contribution in [1.29, 1.82) is 0 Å². The largest absolute Gasteiger partial charge is 0.357 e. The standard InChI is InChI=1S/C28H34F2N6O/c1-19(2)26-31-16-20(17-32-26)24(35-14-10-28(29,30)11-15-35)18-33-27(37)22-6-5-7-23-21(22)8-9-25(34-23)36-12-3-4-13-36/h5-9,16-17,19,24H,3-4,10-15,18H2,1-2H3,(H,33,37). The van der Waals surface area contributed by atoms with E-state index in [9.17, 15) is 13.6 Å². The maximum atomic E-state index is 13.9. The summed E-state index contributed by atoms with van der Waals surface area (Å²) in [6, 6.07) is 9.22. The molecule has 2 aromatic heterocycles. The van der Waals surface area contributed by atoms with Crippen LogP contribution < -0.4 is 10.2 Å². The highest BCUT2D eigenvalue weighted by Gasteiger charge is 2.37. The van der Waals surface area contributed by atoms with Crippen LogP contribution in [0.5, 0.6) is 0 Å². The van der Waals surface area contributed by atoms with Crippen molar-refractivity contribution in [3.05, 3.63) is 59.7 Å². The quantitative estimate of drug-likeness (QED) is 0.487. The minimum atomic E-state index is -2.65. The van der Waals surface area contributed by atoms with E-state index in [-0.39, 0.29) is 50.3 Å². The van der Waals surface area contributed by atoms with Gasteiger partial charge < -0.3 is 10.2 Å². The average Bonchev–Trinajstić information content (AvgIpc) is 3.44. The van der Waals surface area contributed by atoms with Crippen molar-refractivity contribution in [2.24, 2.45) is 0 Å². The van der Waals surface area contributed by atoms with Crippen LogP contribution in [0.3, 0.4) is 0 Å². The van der Waals surface area contributed by atoms with E-state index in [1.807, 2.05) is 43.0 Å². The summed E-state index contributed by atoms with van der Waals surface area (Å²) < 4.78 is 27.7. The first kappa shape index (κ1) is 25.4. The van der Waals surface area contributed by atoms with Crippen LogP contribution in [-0.4, -0.2) is 64.4 Å². The molecule has 7 nitrogen and oxygen atoms in total. The summed E-state index contributed by atoms with van der Waals surface area (Å²) in [5, 5.41) is 3.85. The normalized spacial score (nSPS) is 18.9. The number of amides is 1. The number of rotatable bonds is 7. The van der Waals surface area contributed by atoms with E-state index in [2.05, 4.69) is 20.2 Å². The molecular weight excluding hydrogens is 474 g/mol. The van der Waals surface area contributed by atoms with Gasteiger partial charge in [-0.15, -0.1) is 0 Å². The number of carbonyl (C=O) groups excluding carboxylic acids is 1. The molecule has 1 atom stereocenters. The molecule has 4 heterocycles. The molecular formula is C28H34F2N6O. The summed E-state index contributed by atoms with van der Waals surface area (Å²) in [6.07, 6.45) is 5.46. The highest BCUT2D eigenvalue weighted by atomic mass is 19.3. The van der Waals surface area contributed by atoms with Crippen LogP contribution in [-0.2, 0) is 0 Å². The van der Waals surface area contributed by atoms with Gasteiger partial charge in [-0.25, -0.2) is 23.7 Å². The Kier molecular flexibility index (Phi) is 7.33. The molecule has 2 aliphatic rings. The van der Waals surface area contributed by atoms with Gasteiger partial charge in [0, 0.05) is 80.4 Å². The fourth-order valence-electron chi connectivity index (χ4n) is 5.19. The number of hydrogen-bond donors (Lipinski definition) is 1. The van der Waals surface area contributed by atoms with Crippen LogP contribution in [0, 0.1) is 0 Å². The van der Waals surface area contributed by atoms with Crippen molar-refractivity contribution in [2.45, 2.75) is 57.4 Å². The Labute approximate surface area is 216 Å². The fraction of sp³-hybridized carbons (Fsp3) is 0.500. The number of carbonyl (C=O) groups is 1. The average molecular weight is 509 g/mol. The van der Waals surface area contributed by atoms with Gasteiger partial charge in [-0.1, -0.05) is 19.9 Å². The summed E-state index contributed by atoms with van der Waals surface area (Å²) >= 11 is 0. The highest BCUT2D eigenvalue weighted by molar-refractivity contribution is 6.06. The number of hydrogen-bond acceptors (Lipinski definition) is 6. The Balaban J connectivity index is 1.35. The molecule has 9 heteroatoms. The Morgan fingerprint density at radius 2 is 1.73 bits per heavy atom. The maximum absolute atomic E-state index is 13.9. The Hall–Kier alpha value is -3.20.